The van der Waals surface area contributed by atoms with Crippen molar-refractivity contribution >= 4 is 27.5 Å². The van der Waals surface area contributed by atoms with Crippen molar-refractivity contribution in [3.63, 3.8) is 0 Å². The molecule has 8 heteroatoms. The van der Waals surface area contributed by atoms with Crippen molar-refractivity contribution in [3.05, 3.63) is 65.2 Å². The van der Waals surface area contributed by atoms with E-state index < -0.39 is 22.0 Å². The van der Waals surface area contributed by atoms with Gasteiger partial charge in [-0.2, -0.15) is 0 Å². The Kier molecular flexibility index (Phi) is 8.01. The van der Waals surface area contributed by atoms with Gasteiger partial charge in [0.1, 0.15) is 12.6 Å². The van der Waals surface area contributed by atoms with Gasteiger partial charge in [-0.1, -0.05) is 36.4 Å². The normalized spacial score (nSPS) is 25.9. The summed E-state index contributed by atoms with van der Waals surface area (Å²) in [6.07, 6.45) is 8.94. The number of carbonyl (C=O) groups excluding carboxylic acids is 2. The number of benzene rings is 2. The molecule has 7 nitrogen and oxygen atoms in total. The van der Waals surface area contributed by atoms with Gasteiger partial charge < -0.3 is 10.2 Å². The van der Waals surface area contributed by atoms with Crippen molar-refractivity contribution in [3.8, 4) is 0 Å². The second-order valence-corrected chi connectivity index (χ2v) is 14.4. The predicted octanol–water partition coefficient (Wildman–Crippen LogP) is 4.78. The molecular formula is C32H43N3O4S. The number of carbonyl (C=O) groups is 2. The molecule has 1 atom stereocenters. The molecule has 6 rings (SSSR count). The topological polar surface area (TPSA) is 86.8 Å². The van der Waals surface area contributed by atoms with E-state index in [2.05, 4.69) is 17.4 Å². The third-order valence-corrected chi connectivity index (χ3v) is 10.7. The van der Waals surface area contributed by atoms with E-state index in [0.717, 1.165) is 35.1 Å². The van der Waals surface area contributed by atoms with E-state index in [4.69, 9.17) is 0 Å². The summed E-state index contributed by atoms with van der Waals surface area (Å²) in [4.78, 5) is 28.0. The summed E-state index contributed by atoms with van der Waals surface area (Å²) in [5.41, 5.74) is 3.92. The van der Waals surface area contributed by atoms with Gasteiger partial charge in [0.05, 0.1) is 11.9 Å². The van der Waals surface area contributed by atoms with Gasteiger partial charge in [-0.05, 0) is 111 Å². The fraction of sp³-hybridized carbons (Fsp3) is 0.562. The van der Waals surface area contributed by atoms with Crippen molar-refractivity contribution in [2.45, 2.75) is 77.3 Å². The average Bonchev–Trinajstić information content (AvgIpc) is 2.89. The van der Waals surface area contributed by atoms with Crippen LogP contribution in [-0.4, -0.2) is 50.5 Å². The molecule has 216 valence electrons. The molecule has 2 aromatic rings. The highest BCUT2D eigenvalue weighted by Crippen LogP contribution is 2.60. The van der Waals surface area contributed by atoms with Gasteiger partial charge in [-0.15, -0.1) is 0 Å². The number of hydrogen-bond donors (Lipinski definition) is 1. The van der Waals surface area contributed by atoms with E-state index in [-0.39, 0.29) is 24.4 Å². The van der Waals surface area contributed by atoms with Gasteiger partial charge in [-0.25, -0.2) is 8.42 Å². The Morgan fingerprint density at radius 3 is 2.08 bits per heavy atom. The summed E-state index contributed by atoms with van der Waals surface area (Å²) in [6, 6.07) is 14.9. The Balaban J connectivity index is 1.39. The first-order valence-electron chi connectivity index (χ1n) is 14.7. The molecule has 1 N–H and O–H groups in total. The standard InChI is InChI=1S/C32H43N3O4S/c1-5-33-31(37)23(3)34(20-27-9-7-6-8-22(27)2)30(36)21-35(40(4,38)39)29-12-10-28(11-13-29)32-17-24-14-25(18-32)16-26(15-24)19-32/h6-13,23-26H,5,14-21H2,1-4H3,(H,33,37)/t23-,24?,25?,26?,32?/m1/s1. The molecular weight excluding hydrogens is 522 g/mol. The van der Waals surface area contributed by atoms with E-state index >= 15 is 0 Å². The Hall–Kier alpha value is -2.87. The van der Waals surface area contributed by atoms with Crippen LogP contribution in [0.2, 0.25) is 0 Å². The molecule has 4 fully saturated rings. The van der Waals surface area contributed by atoms with Crippen LogP contribution >= 0.6 is 0 Å². The maximum atomic E-state index is 13.8. The molecule has 4 aliphatic carbocycles. The van der Waals surface area contributed by atoms with Gasteiger partial charge in [0.2, 0.25) is 21.8 Å². The molecule has 4 aliphatic rings. The van der Waals surface area contributed by atoms with Gasteiger partial charge in [-0.3, -0.25) is 13.9 Å². The number of rotatable bonds is 10. The van der Waals surface area contributed by atoms with Crippen molar-refractivity contribution in [2.75, 3.05) is 23.7 Å². The number of likely N-dealkylation sites (N-methyl/N-ethyl adjacent to an activating group) is 1. The van der Waals surface area contributed by atoms with Crippen LogP contribution in [-0.2, 0) is 31.6 Å². The highest BCUT2D eigenvalue weighted by Gasteiger charge is 2.51. The Morgan fingerprint density at radius 2 is 1.55 bits per heavy atom. The zero-order chi connectivity index (χ0) is 28.7. The number of hydrogen-bond acceptors (Lipinski definition) is 4. The fourth-order valence-electron chi connectivity index (χ4n) is 7.93. The maximum Gasteiger partial charge on any atom is 0.244 e. The van der Waals surface area contributed by atoms with Gasteiger partial charge in [0.25, 0.3) is 0 Å². The molecule has 0 unspecified atom stereocenters. The first-order chi connectivity index (χ1) is 19.0. The minimum absolute atomic E-state index is 0.214. The van der Waals surface area contributed by atoms with Crippen LogP contribution < -0.4 is 9.62 Å². The molecule has 2 amide bonds. The molecule has 0 aliphatic heterocycles. The zero-order valence-electron chi connectivity index (χ0n) is 24.2. The molecule has 0 saturated heterocycles. The van der Waals surface area contributed by atoms with Gasteiger partial charge in [0, 0.05) is 13.1 Å². The van der Waals surface area contributed by atoms with E-state index in [1.165, 1.54) is 53.3 Å². The first-order valence-corrected chi connectivity index (χ1v) is 16.5. The maximum absolute atomic E-state index is 13.8. The number of aryl methyl sites for hydroxylation is 1. The molecule has 0 aromatic heterocycles. The summed E-state index contributed by atoms with van der Waals surface area (Å²) >= 11 is 0. The average molecular weight is 566 g/mol. The molecule has 0 spiro atoms. The van der Waals surface area contributed by atoms with Crippen LogP contribution in [0.4, 0.5) is 5.69 Å². The summed E-state index contributed by atoms with van der Waals surface area (Å²) in [6.45, 7) is 5.77. The van der Waals surface area contributed by atoms with Crippen LogP contribution in [0.3, 0.4) is 0 Å². The van der Waals surface area contributed by atoms with E-state index in [1.54, 1.807) is 6.92 Å². The van der Waals surface area contributed by atoms with Gasteiger partial charge in [0.15, 0.2) is 0 Å². The van der Waals surface area contributed by atoms with E-state index in [0.29, 0.717) is 12.2 Å². The predicted molar refractivity (Wildman–Crippen MR) is 158 cm³/mol. The SMILES string of the molecule is CCNC(=O)[C@@H](C)N(Cc1ccccc1C)C(=O)CN(c1ccc(C23CC4CC(CC(C4)C2)C3)cc1)S(C)(=O)=O. The third kappa shape index (κ3) is 5.78. The highest BCUT2D eigenvalue weighted by molar-refractivity contribution is 7.92. The lowest BCUT2D eigenvalue weighted by Crippen LogP contribution is -2.51. The van der Waals surface area contributed by atoms with Crippen molar-refractivity contribution < 1.29 is 18.0 Å². The lowest BCUT2D eigenvalue weighted by Gasteiger charge is -2.57. The van der Waals surface area contributed by atoms with Crippen LogP contribution in [0.5, 0.6) is 0 Å². The van der Waals surface area contributed by atoms with Crippen LogP contribution in [0, 0.1) is 24.7 Å². The van der Waals surface area contributed by atoms with E-state index in [9.17, 15) is 18.0 Å². The fourth-order valence-corrected chi connectivity index (χ4v) is 8.78. The number of nitrogens with zero attached hydrogens (tertiary/aromatic N) is 2. The number of nitrogens with one attached hydrogen (secondary N) is 1. The summed E-state index contributed by atoms with van der Waals surface area (Å²) < 4.78 is 27.2. The molecule has 0 heterocycles. The number of anilines is 1. The summed E-state index contributed by atoms with van der Waals surface area (Å²) in [5, 5.41) is 2.79. The number of amides is 2. The summed E-state index contributed by atoms with van der Waals surface area (Å²) in [7, 11) is -3.76. The lowest BCUT2D eigenvalue weighted by molar-refractivity contribution is -0.139. The molecule has 4 bridgehead atoms. The highest BCUT2D eigenvalue weighted by atomic mass is 32.2. The largest absolute Gasteiger partial charge is 0.355 e. The third-order valence-electron chi connectivity index (χ3n) is 9.61. The van der Waals surface area contributed by atoms with E-state index in [1.807, 2.05) is 50.2 Å². The number of sulfonamides is 1. The minimum atomic E-state index is -3.76. The van der Waals surface area contributed by atoms with Crippen molar-refractivity contribution in [2.24, 2.45) is 17.8 Å². The monoisotopic (exact) mass is 565 g/mol. The smallest absolute Gasteiger partial charge is 0.244 e. The summed E-state index contributed by atoms with van der Waals surface area (Å²) in [5.74, 6) is 1.78. The second-order valence-electron chi connectivity index (χ2n) is 12.5. The van der Waals surface area contributed by atoms with Crippen LogP contribution in [0.25, 0.3) is 0 Å². The molecule has 0 radical (unpaired) electrons. The Labute approximate surface area is 239 Å². The molecule has 40 heavy (non-hydrogen) atoms. The van der Waals surface area contributed by atoms with Crippen molar-refractivity contribution in [1.82, 2.24) is 10.2 Å². The molecule has 4 saturated carbocycles. The quantitative estimate of drug-likeness (QED) is 0.449. The van der Waals surface area contributed by atoms with Crippen LogP contribution in [0.1, 0.15) is 69.1 Å². The van der Waals surface area contributed by atoms with Gasteiger partial charge >= 0.3 is 0 Å². The Morgan fingerprint density at radius 1 is 0.975 bits per heavy atom. The molecule has 2 aromatic carbocycles. The minimum Gasteiger partial charge on any atom is -0.355 e. The Bertz CT molecular complexity index is 1320. The second kappa shape index (κ2) is 11.2. The first kappa shape index (κ1) is 28.7. The van der Waals surface area contributed by atoms with Crippen LogP contribution in [0.15, 0.2) is 48.5 Å². The zero-order valence-corrected chi connectivity index (χ0v) is 25.0. The van der Waals surface area contributed by atoms with Crippen molar-refractivity contribution in [1.29, 1.82) is 0 Å². The lowest BCUT2D eigenvalue weighted by atomic mass is 9.48.